The molecule has 1 aromatic carbocycles. The highest BCUT2D eigenvalue weighted by Crippen LogP contribution is 2.26. The van der Waals surface area contributed by atoms with Gasteiger partial charge in [-0.25, -0.2) is 4.39 Å². The highest BCUT2D eigenvalue weighted by molar-refractivity contribution is 5.61. The van der Waals surface area contributed by atoms with Crippen LogP contribution in [0.25, 0.3) is 0 Å². The molecule has 17 heavy (non-hydrogen) atoms. The molecule has 5 nitrogen and oxygen atoms in total. The van der Waals surface area contributed by atoms with Gasteiger partial charge in [0, 0.05) is 6.04 Å². The average molecular weight is 239 g/mol. The zero-order valence-electron chi connectivity index (χ0n) is 9.28. The minimum atomic E-state index is -0.590. The van der Waals surface area contributed by atoms with Gasteiger partial charge >= 0.3 is 0 Å². The van der Waals surface area contributed by atoms with Crippen LogP contribution < -0.4 is 10.6 Å². The first kappa shape index (κ1) is 11.8. The largest absolute Gasteiger partial charge is 0.377 e. The molecule has 1 aliphatic heterocycles. The first-order valence-corrected chi connectivity index (χ1v) is 5.58. The lowest BCUT2D eigenvalue weighted by atomic mass is 10.1. The number of benzene rings is 1. The Hall–Kier alpha value is -1.69. The van der Waals surface area contributed by atoms with E-state index in [0.29, 0.717) is 5.69 Å². The summed E-state index contributed by atoms with van der Waals surface area (Å²) in [5.74, 6) is -0.590. The van der Waals surface area contributed by atoms with E-state index in [1.165, 1.54) is 12.1 Å². The summed E-state index contributed by atoms with van der Waals surface area (Å²) >= 11 is 0. The summed E-state index contributed by atoms with van der Waals surface area (Å²) in [6.07, 6.45) is 1.82. The molecule has 0 aromatic heterocycles. The molecule has 2 N–H and O–H groups in total. The zero-order valence-corrected chi connectivity index (χ0v) is 9.28. The van der Waals surface area contributed by atoms with Gasteiger partial charge in [0.15, 0.2) is 0 Å². The predicted octanol–water partition coefficient (Wildman–Crippen LogP) is 1.90. The summed E-state index contributed by atoms with van der Waals surface area (Å²) in [7, 11) is 0. The molecule has 1 aromatic rings. The van der Waals surface area contributed by atoms with Crippen LogP contribution in [0.1, 0.15) is 12.8 Å². The van der Waals surface area contributed by atoms with Crippen LogP contribution in [0.2, 0.25) is 0 Å². The highest BCUT2D eigenvalue weighted by Gasteiger charge is 2.19. The Morgan fingerprint density at radius 3 is 2.76 bits per heavy atom. The van der Waals surface area contributed by atoms with E-state index in [1.807, 2.05) is 0 Å². The standard InChI is InChI=1S/C11H14FN3O2/c12-8-1-2-10(11(7-8)15(16)17)14-9-3-5-13-6-4-9/h1-2,7,9,13-14H,3-6H2. The lowest BCUT2D eigenvalue weighted by Gasteiger charge is -2.24. The maximum atomic E-state index is 12.9. The van der Waals surface area contributed by atoms with Gasteiger partial charge in [-0.3, -0.25) is 10.1 Å². The number of nitrogens with one attached hydrogen (secondary N) is 2. The summed E-state index contributed by atoms with van der Waals surface area (Å²) in [6.45, 7) is 1.79. The van der Waals surface area contributed by atoms with Crippen LogP contribution in [0.5, 0.6) is 0 Å². The molecule has 1 heterocycles. The monoisotopic (exact) mass is 239 g/mol. The molecule has 0 saturated carbocycles. The van der Waals surface area contributed by atoms with Crippen LogP contribution in [0.15, 0.2) is 18.2 Å². The second-order valence-corrected chi connectivity index (χ2v) is 4.09. The molecular weight excluding hydrogens is 225 g/mol. The summed E-state index contributed by atoms with van der Waals surface area (Å²) in [6, 6.07) is 3.82. The van der Waals surface area contributed by atoms with Crippen molar-refractivity contribution in [2.24, 2.45) is 0 Å². The Kier molecular flexibility index (Phi) is 3.53. The zero-order chi connectivity index (χ0) is 12.3. The summed E-state index contributed by atoms with van der Waals surface area (Å²) in [5.41, 5.74) is 0.187. The Morgan fingerprint density at radius 1 is 1.41 bits per heavy atom. The number of hydrogen-bond acceptors (Lipinski definition) is 4. The average Bonchev–Trinajstić information content (AvgIpc) is 2.32. The van der Waals surface area contributed by atoms with Crippen molar-refractivity contribution in [2.75, 3.05) is 18.4 Å². The maximum Gasteiger partial charge on any atom is 0.295 e. The molecule has 1 saturated heterocycles. The van der Waals surface area contributed by atoms with Crippen molar-refractivity contribution in [3.05, 3.63) is 34.1 Å². The fourth-order valence-corrected chi connectivity index (χ4v) is 1.96. The first-order valence-electron chi connectivity index (χ1n) is 5.58. The van der Waals surface area contributed by atoms with E-state index in [9.17, 15) is 14.5 Å². The Labute approximate surface area is 98.2 Å². The molecule has 1 aliphatic rings. The smallest absolute Gasteiger partial charge is 0.295 e. The molecule has 0 unspecified atom stereocenters. The number of nitro benzene ring substituents is 1. The minimum absolute atomic E-state index is 0.205. The van der Waals surface area contributed by atoms with E-state index in [4.69, 9.17) is 0 Å². The minimum Gasteiger partial charge on any atom is -0.377 e. The maximum absolute atomic E-state index is 12.9. The van der Waals surface area contributed by atoms with Gasteiger partial charge < -0.3 is 10.6 Å². The Bertz CT molecular complexity index is 419. The second-order valence-electron chi connectivity index (χ2n) is 4.09. The number of rotatable bonds is 3. The quantitative estimate of drug-likeness (QED) is 0.624. The van der Waals surface area contributed by atoms with Gasteiger partial charge in [0.1, 0.15) is 11.5 Å². The van der Waals surface area contributed by atoms with Crippen LogP contribution >= 0.6 is 0 Å². The van der Waals surface area contributed by atoms with Crippen LogP contribution in [-0.2, 0) is 0 Å². The third-order valence-electron chi connectivity index (χ3n) is 2.86. The van der Waals surface area contributed by atoms with Crippen LogP contribution in [0, 0.1) is 15.9 Å². The van der Waals surface area contributed by atoms with Gasteiger partial charge in [-0.15, -0.1) is 0 Å². The number of nitrogens with zero attached hydrogens (tertiary/aromatic N) is 1. The third-order valence-corrected chi connectivity index (χ3v) is 2.86. The lowest BCUT2D eigenvalue weighted by molar-refractivity contribution is -0.384. The van der Waals surface area contributed by atoms with E-state index in [0.717, 1.165) is 32.0 Å². The SMILES string of the molecule is O=[N+]([O-])c1cc(F)ccc1NC1CCNCC1. The number of nitro groups is 1. The van der Waals surface area contributed by atoms with E-state index < -0.39 is 10.7 Å². The molecule has 92 valence electrons. The van der Waals surface area contributed by atoms with Crippen molar-refractivity contribution < 1.29 is 9.31 Å². The summed E-state index contributed by atoms with van der Waals surface area (Å²) in [4.78, 5) is 10.2. The molecule has 0 amide bonds. The lowest BCUT2D eigenvalue weighted by Crippen LogP contribution is -2.35. The summed E-state index contributed by atoms with van der Waals surface area (Å²) in [5, 5.41) is 17.1. The normalized spacial score (nSPS) is 16.8. The third kappa shape index (κ3) is 2.91. The molecule has 0 spiro atoms. The molecule has 0 aliphatic carbocycles. The van der Waals surface area contributed by atoms with Gasteiger partial charge in [-0.2, -0.15) is 0 Å². The van der Waals surface area contributed by atoms with Gasteiger partial charge in [0.2, 0.25) is 0 Å². The van der Waals surface area contributed by atoms with Gasteiger partial charge in [-0.1, -0.05) is 0 Å². The first-order chi connectivity index (χ1) is 8.16. The van der Waals surface area contributed by atoms with Crippen molar-refractivity contribution in [3.63, 3.8) is 0 Å². The van der Waals surface area contributed by atoms with E-state index >= 15 is 0 Å². The van der Waals surface area contributed by atoms with Crippen molar-refractivity contribution in [1.82, 2.24) is 5.32 Å². The van der Waals surface area contributed by atoms with Crippen molar-refractivity contribution >= 4 is 11.4 Å². The topological polar surface area (TPSA) is 67.2 Å². The molecule has 0 atom stereocenters. The second kappa shape index (κ2) is 5.09. The molecule has 0 radical (unpaired) electrons. The Balaban J connectivity index is 2.16. The molecular formula is C11H14FN3O2. The molecule has 1 fully saturated rings. The molecule has 2 rings (SSSR count). The van der Waals surface area contributed by atoms with E-state index in [2.05, 4.69) is 10.6 Å². The molecule has 0 bridgehead atoms. The molecule has 6 heteroatoms. The number of halogens is 1. The predicted molar refractivity (Wildman–Crippen MR) is 62.6 cm³/mol. The fourth-order valence-electron chi connectivity index (χ4n) is 1.96. The highest BCUT2D eigenvalue weighted by atomic mass is 19.1. The van der Waals surface area contributed by atoms with E-state index in [1.54, 1.807) is 0 Å². The summed E-state index contributed by atoms with van der Waals surface area (Å²) < 4.78 is 12.9. The number of hydrogen-bond donors (Lipinski definition) is 2. The van der Waals surface area contributed by atoms with Gasteiger partial charge in [0.25, 0.3) is 5.69 Å². The van der Waals surface area contributed by atoms with Crippen molar-refractivity contribution in [3.8, 4) is 0 Å². The Morgan fingerprint density at radius 2 is 2.12 bits per heavy atom. The van der Waals surface area contributed by atoms with Crippen molar-refractivity contribution in [1.29, 1.82) is 0 Å². The van der Waals surface area contributed by atoms with Gasteiger partial charge in [0.05, 0.1) is 11.0 Å². The van der Waals surface area contributed by atoms with Gasteiger partial charge in [-0.05, 0) is 38.1 Å². The number of anilines is 1. The van der Waals surface area contributed by atoms with Crippen molar-refractivity contribution in [2.45, 2.75) is 18.9 Å². The van der Waals surface area contributed by atoms with Crippen LogP contribution in [-0.4, -0.2) is 24.1 Å². The number of piperidine rings is 1. The van der Waals surface area contributed by atoms with Crippen LogP contribution in [0.4, 0.5) is 15.8 Å². The van der Waals surface area contributed by atoms with E-state index in [-0.39, 0.29) is 11.7 Å². The fraction of sp³-hybridized carbons (Fsp3) is 0.455. The van der Waals surface area contributed by atoms with Crippen LogP contribution in [0.3, 0.4) is 0 Å².